The summed E-state index contributed by atoms with van der Waals surface area (Å²) in [6, 6.07) is 5.38. The van der Waals surface area contributed by atoms with Crippen molar-refractivity contribution >= 4 is 15.9 Å². The molecule has 1 saturated carbocycles. The highest BCUT2D eigenvalue weighted by Crippen LogP contribution is 2.24. The molecule has 110 valence electrons. The molecule has 5 heteroatoms. The van der Waals surface area contributed by atoms with Gasteiger partial charge in [-0.25, -0.2) is 14.4 Å². The molecule has 1 aliphatic rings. The first-order valence-electron chi connectivity index (χ1n) is 7.07. The van der Waals surface area contributed by atoms with Crippen LogP contribution >= 0.6 is 15.9 Å². The van der Waals surface area contributed by atoms with Gasteiger partial charge in [-0.2, -0.15) is 0 Å². The third-order valence-corrected chi connectivity index (χ3v) is 4.14. The molecule has 1 aromatic carbocycles. The van der Waals surface area contributed by atoms with Crippen molar-refractivity contribution in [3.05, 3.63) is 45.4 Å². The Balaban J connectivity index is 1.92. The smallest absolute Gasteiger partial charge is 0.159 e. The Morgan fingerprint density at radius 3 is 2.43 bits per heavy atom. The molecule has 0 spiro atoms. The Hall–Kier alpha value is -1.33. The lowest BCUT2D eigenvalue weighted by molar-refractivity contribution is 0.627. The Labute approximate surface area is 132 Å². The van der Waals surface area contributed by atoms with Gasteiger partial charge in [-0.1, -0.05) is 15.9 Å². The van der Waals surface area contributed by atoms with Crippen LogP contribution < -0.4 is 5.32 Å². The minimum Gasteiger partial charge on any atom is -0.310 e. The van der Waals surface area contributed by atoms with Crippen molar-refractivity contribution in [2.24, 2.45) is 0 Å². The number of benzene rings is 1. The van der Waals surface area contributed by atoms with Gasteiger partial charge in [0.25, 0.3) is 0 Å². The first-order chi connectivity index (χ1) is 10.0. The maximum atomic E-state index is 13.5. The van der Waals surface area contributed by atoms with Crippen molar-refractivity contribution in [3.63, 3.8) is 0 Å². The summed E-state index contributed by atoms with van der Waals surface area (Å²) < 4.78 is 14.2. The van der Waals surface area contributed by atoms with Crippen LogP contribution in [-0.4, -0.2) is 16.0 Å². The van der Waals surface area contributed by atoms with Crippen LogP contribution in [0.3, 0.4) is 0 Å². The molecule has 1 fully saturated rings. The molecule has 1 N–H and O–H groups in total. The number of aromatic nitrogens is 2. The second-order valence-electron chi connectivity index (χ2n) is 5.51. The van der Waals surface area contributed by atoms with Gasteiger partial charge in [0, 0.05) is 39.6 Å². The maximum Gasteiger partial charge on any atom is 0.159 e. The highest BCUT2D eigenvalue weighted by molar-refractivity contribution is 9.10. The zero-order valence-electron chi connectivity index (χ0n) is 12.1. The van der Waals surface area contributed by atoms with Gasteiger partial charge in [-0.15, -0.1) is 0 Å². The van der Waals surface area contributed by atoms with Crippen LogP contribution in [0, 0.1) is 19.7 Å². The molecule has 2 aromatic rings. The normalized spacial score (nSPS) is 14.5. The van der Waals surface area contributed by atoms with E-state index >= 15 is 0 Å². The summed E-state index contributed by atoms with van der Waals surface area (Å²) in [5.74, 6) is 0.276. The summed E-state index contributed by atoms with van der Waals surface area (Å²) in [6.45, 7) is 4.77. The number of hydrogen-bond acceptors (Lipinski definition) is 3. The third-order valence-electron chi connectivity index (χ3n) is 3.69. The number of rotatable bonds is 4. The van der Waals surface area contributed by atoms with Crippen LogP contribution in [0.4, 0.5) is 4.39 Å². The average Bonchev–Trinajstić information content (AvgIpc) is 3.20. The fraction of sp³-hybridized carbons (Fsp3) is 0.375. The largest absolute Gasteiger partial charge is 0.310 e. The minimum absolute atomic E-state index is 0.294. The molecule has 0 atom stereocenters. The zero-order valence-corrected chi connectivity index (χ0v) is 13.7. The molecule has 3 nitrogen and oxygen atoms in total. The molecule has 0 saturated heterocycles. The van der Waals surface area contributed by atoms with E-state index in [4.69, 9.17) is 0 Å². The van der Waals surface area contributed by atoms with E-state index in [1.807, 2.05) is 19.9 Å². The topological polar surface area (TPSA) is 37.8 Å². The predicted molar refractivity (Wildman–Crippen MR) is 84.5 cm³/mol. The van der Waals surface area contributed by atoms with Crippen molar-refractivity contribution in [2.75, 3.05) is 0 Å². The van der Waals surface area contributed by atoms with Crippen molar-refractivity contribution < 1.29 is 4.39 Å². The number of nitrogens with one attached hydrogen (secondary N) is 1. The van der Waals surface area contributed by atoms with Gasteiger partial charge in [-0.05, 0) is 44.9 Å². The van der Waals surface area contributed by atoms with Gasteiger partial charge in [-0.3, -0.25) is 0 Å². The van der Waals surface area contributed by atoms with E-state index in [2.05, 4.69) is 31.2 Å². The minimum atomic E-state index is -0.294. The molecular weight excluding hydrogens is 333 g/mol. The van der Waals surface area contributed by atoms with Crippen LogP contribution in [0.5, 0.6) is 0 Å². The Bertz CT molecular complexity index is 640. The van der Waals surface area contributed by atoms with E-state index in [1.165, 1.54) is 25.0 Å². The van der Waals surface area contributed by atoms with Gasteiger partial charge < -0.3 is 5.32 Å². The molecule has 1 aliphatic carbocycles. The van der Waals surface area contributed by atoms with Crippen LogP contribution in [0.15, 0.2) is 22.7 Å². The van der Waals surface area contributed by atoms with Crippen LogP contribution in [0.25, 0.3) is 11.4 Å². The van der Waals surface area contributed by atoms with Gasteiger partial charge in [0.15, 0.2) is 5.82 Å². The van der Waals surface area contributed by atoms with E-state index in [-0.39, 0.29) is 5.82 Å². The second kappa shape index (κ2) is 5.81. The van der Waals surface area contributed by atoms with Gasteiger partial charge in [0.05, 0.1) is 0 Å². The van der Waals surface area contributed by atoms with E-state index in [0.717, 1.165) is 23.5 Å². The van der Waals surface area contributed by atoms with Crippen molar-refractivity contribution in [1.82, 2.24) is 15.3 Å². The summed E-state index contributed by atoms with van der Waals surface area (Å²) in [5.41, 5.74) is 3.73. The molecular formula is C16H17BrFN3. The van der Waals surface area contributed by atoms with Crippen LogP contribution in [0.2, 0.25) is 0 Å². The lowest BCUT2D eigenvalue weighted by atomic mass is 10.1. The van der Waals surface area contributed by atoms with E-state index in [1.54, 1.807) is 0 Å². The second-order valence-corrected chi connectivity index (χ2v) is 6.43. The number of aryl methyl sites for hydroxylation is 2. The lowest BCUT2D eigenvalue weighted by Crippen LogP contribution is -2.18. The average molecular weight is 350 g/mol. The SMILES string of the molecule is Cc1nc(-c2cc(F)cc(Br)c2)nc(C)c1CNC1CC1. The molecule has 0 radical (unpaired) electrons. The molecule has 1 heterocycles. The summed E-state index contributed by atoms with van der Waals surface area (Å²) in [5, 5.41) is 3.48. The molecule has 0 amide bonds. The third kappa shape index (κ3) is 3.47. The number of nitrogens with zero attached hydrogens (tertiary/aromatic N) is 2. The van der Waals surface area contributed by atoms with Crippen molar-refractivity contribution in [3.8, 4) is 11.4 Å². The summed E-state index contributed by atoms with van der Waals surface area (Å²) in [7, 11) is 0. The number of halogens is 2. The Morgan fingerprint density at radius 1 is 1.19 bits per heavy atom. The first kappa shape index (κ1) is 14.6. The standard InChI is InChI=1S/C16H17BrFN3/c1-9-15(8-19-14-3-4-14)10(2)21-16(20-9)11-5-12(17)7-13(18)6-11/h5-7,14,19H,3-4,8H2,1-2H3. The fourth-order valence-corrected chi connectivity index (χ4v) is 2.81. The van der Waals surface area contributed by atoms with Gasteiger partial charge in [0.2, 0.25) is 0 Å². The Morgan fingerprint density at radius 2 is 1.86 bits per heavy atom. The van der Waals surface area contributed by atoms with Gasteiger partial charge in [0.1, 0.15) is 5.82 Å². The van der Waals surface area contributed by atoms with Crippen LogP contribution in [0.1, 0.15) is 29.8 Å². The summed E-state index contributed by atoms with van der Waals surface area (Å²) in [4.78, 5) is 9.09. The first-order valence-corrected chi connectivity index (χ1v) is 7.86. The van der Waals surface area contributed by atoms with Gasteiger partial charge >= 0.3 is 0 Å². The van der Waals surface area contributed by atoms with E-state index in [0.29, 0.717) is 21.9 Å². The highest BCUT2D eigenvalue weighted by Gasteiger charge is 2.21. The Kier molecular flexibility index (Phi) is 4.04. The van der Waals surface area contributed by atoms with E-state index in [9.17, 15) is 4.39 Å². The van der Waals surface area contributed by atoms with Crippen molar-refractivity contribution in [1.29, 1.82) is 0 Å². The van der Waals surface area contributed by atoms with Crippen LogP contribution in [-0.2, 0) is 6.54 Å². The molecule has 1 aromatic heterocycles. The maximum absolute atomic E-state index is 13.5. The lowest BCUT2D eigenvalue weighted by Gasteiger charge is -2.12. The molecule has 0 unspecified atom stereocenters. The predicted octanol–water partition coefficient (Wildman–Crippen LogP) is 3.91. The molecule has 0 bridgehead atoms. The summed E-state index contributed by atoms with van der Waals surface area (Å²) >= 11 is 3.30. The quantitative estimate of drug-likeness (QED) is 0.909. The molecule has 3 rings (SSSR count). The fourth-order valence-electron chi connectivity index (χ4n) is 2.34. The monoisotopic (exact) mass is 349 g/mol. The zero-order chi connectivity index (χ0) is 15.0. The molecule has 0 aliphatic heterocycles. The highest BCUT2D eigenvalue weighted by atomic mass is 79.9. The van der Waals surface area contributed by atoms with Crippen molar-refractivity contribution in [2.45, 2.75) is 39.3 Å². The number of hydrogen-bond donors (Lipinski definition) is 1. The summed E-state index contributed by atoms with van der Waals surface area (Å²) in [6.07, 6.45) is 2.52. The molecule has 21 heavy (non-hydrogen) atoms. The van der Waals surface area contributed by atoms with E-state index < -0.39 is 0 Å².